The number of aliphatic imine (C=N–C) groups is 1. The second kappa shape index (κ2) is 1.06. The fourth-order valence-electron chi connectivity index (χ4n) is 0.215. The van der Waals surface area contributed by atoms with Gasteiger partial charge in [-0.2, -0.15) is 0 Å². The van der Waals surface area contributed by atoms with E-state index in [-0.39, 0.29) is 0 Å². The maximum atomic E-state index is 4.53. The minimum absolute atomic E-state index is 0.722. The molecule has 0 aromatic heterocycles. The Bertz CT molecular complexity index is 44.9. The molecule has 2 nitrogen and oxygen atoms in total. The molecular formula is C3H4NO. The van der Waals surface area contributed by atoms with Gasteiger partial charge in [-0.1, -0.05) is 0 Å². The molecule has 0 amide bonds. The van der Waals surface area contributed by atoms with Crippen LogP contribution in [0.3, 0.4) is 0 Å². The summed E-state index contributed by atoms with van der Waals surface area (Å²) < 4.78 is 4.53. The largest absolute Gasteiger partial charge is 0.474 e. The average Bonchev–Trinajstić information content (AvgIpc) is 1.76. The van der Waals surface area contributed by atoms with Gasteiger partial charge in [-0.25, -0.2) is 0 Å². The molecule has 0 atom stereocenters. The molecule has 1 heterocycles. The Morgan fingerprint density at radius 2 is 2.80 bits per heavy atom. The Kier molecular flexibility index (Phi) is 0.571. The zero-order valence-electron chi connectivity index (χ0n) is 2.72. The molecule has 0 unspecified atom stereocenters. The summed E-state index contributed by atoms with van der Waals surface area (Å²) in [5.41, 5.74) is 0. The van der Waals surface area contributed by atoms with Crippen LogP contribution >= 0.6 is 0 Å². The van der Waals surface area contributed by atoms with Gasteiger partial charge < -0.3 is 4.74 Å². The van der Waals surface area contributed by atoms with Crippen molar-refractivity contribution in [2.24, 2.45) is 4.99 Å². The summed E-state index contributed by atoms with van der Waals surface area (Å²) in [6, 6.07) is 0. The van der Waals surface area contributed by atoms with Crippen molar-refractivity contribution in [1.29, 1.82) is 0 Å². The van der Waals surface area contributed by atoms with Crippen molar-refractivity contribution in [3.63, 3.8) is 0 Å². The second-order valence-corrected chi connectivity index (χ2v) is 0.773. The lowest BCUT2D eigenvalue weighted by molar-refractivity contribution is 0.443. The van der Waals surface area contributed by atoms with Gasteiger partial charge in [0, 0.05) is 0 Å². The molecule has 1 rings (SSSR count). The Hall–Kier alpha value is -0.530. The Morgan fingerprint density at radius 3 is 3.00 bits per heavy atom. The van der Waals surface area contributed by atoms with Gasteiger partial charge in [0.1, 0.15) is 0 Å². The molecule has 0 N–H and O–H groups in total. The van der Waals surface area contributed by atoms with E-state index in [1.54, 1.807) is 6.61 Å². The van der Waals surface area contributed by atoms with Gasteiger partial charge >= 0.3 is 0 Å². The molecule has 0 aromatic carbocycles. The van der Waals surface area contributed by atoms with Crippen LogP contribution in [0.2, 0.25) is 0 Å². The van der Waals surface area contributed by atoms with Gasteiger partial charge in [-0.15, -0.1) is 0 Å². The van der Waals surface area contributed by atoms with Crippen molar-refractivity contribution in [3.8, 4) is 0 Å². The molecule has 0 saturated carbocycles. The standard InChI is InChI=1S/C3H4NO/c1-2-5-3-4-1/h2-3H,1H2. The van der Waals surface area contributed by atoms with E-state index in [1.165, 1.54) is 6.40 Å². The van der Waals surface area contributed by atoms with Crippen LogP contribution in [0.1, 0.15) is 0 Å². The highest BCUT2D eigenvalue weighted by Gasteiger charge is 1.86. The van der Waals surface area contributed by atoms with Crippen LogP contribution in [0, 0.1) is 6.61 Å². The van der Waals surface area contributed by atoms with Crippen LogP contribution in [-0.4, -0.2) is 12.9 Å². The number of ether oxygens (including phenoxy) is 1. The topological polar surface area (TPSA) is 21.6 Å². The highest BCUT2D eigenvalue weighted by molar-refractivity contribution is 5.49. The van der Waals surface area contributed by atoms with Crippen LogP contribution in [0.15, 0.2) is 4.99 Å². The fraction of sp³-hybridized carbons (Fsp3) is 0.333. The zero-order chi connectivity index (χ0) is 3.54. The van der Waals surface area contributed by atoms with Crippen molar-refractivity contribution in [1.82, 2.24) is 0 Å². The Morgan fingerprint density at radius 1 is 1.80 bits per heavy atom. The lowest BCUT2D eigenvalue weighted by atomic mass is 10.8. The first-order chi connectivity index (χ1) is 2.50. The first-order valence-corrected chi connectivity index (χ1v) is 1.45. The van der Waals surface area contributed by atoms with E-state index in [1.807, 2.05) is 0 Å². The van der Waals surface area contributed by atoms with E-state index >= 15 is 0 Å². The number of nitrogens with zero attached hydrogens (tertiary/aromatic N) is 1. The monoisotopic (exact) mass is 70.0 g/mol. The van der Waals surface area contributed by atoms with E-state index in [0.29, 0.717) is 0 Å². The average molecular weight is 70.1 g/mol. The van der Waals surface area contributed by atoms with Crippen LogP contribution in [0.4, 0.5) is 0 Å². The normalized spacial score (nSPS) is 19.2. The predicted octanol–water partition coefficient (Wildman–Crippen LogP) is 0.207. The highest BCUT2D eigenvalue weighted by atomic mass is 16.5. The first kappa shape index (κ1) is 2.69. The summed E-state index contributed by atoms with van der Waals surface area (Å²) in [6.07, 6.45) is 1.43. The maximum absolute atomic E-state index is 4.53. The van der Waals surface area contributed by atoms with Gasteiger partial charge in [-0.05, 0) is 0 Å². The lowest BCUT2D eigenvalue weighted by Gasteiger charge is -1.74. The van der Waals surface area contributed by atoms with Gasteiger partial charge in [0.2, 0.25) is 0 Å². The van der Waals surface area contributed by atoms with E-state index in [4.69, 9.17) is 0 Å². The third kappa shape index (κ3) is 0.375. The predicted molar refractivity (Wildman–Crippen MR) is 18.7 cm³/mol. The van der Waals surface area contributed by atoms with Crippen LogP contribution < -0.4 is 0 Å². The molecule has 1 aliphatic rings. The maximum Gasteiger partial charge on any atom is 0.170 e. The molecule has 1 aliphatic heterocycles. The summed E-state index contributed by atoms with van der Waals surface area (Å²) >= 11 is 0. The van der Waals surface area contributed by atoms with Crippen LogP contribution in [-0.2, 0) is 4.74 Å². The summed E-state index contributed by atoms with van der Waals surface area (Å²) in [5, 5.41) is 0. The van der Waals surface area contributed by atoms with E-state index in [9.17, 15) is 0 Å². The summed E-state index contributed by atoms with van der Waals surface area (Å²) in [5.74, 6) is 0. The molecule has 0 bridgehead atoms. The Labute approximate surface area is 30.5 Å². The molecule has 0 spiro atoms. The van der Waals surface area contributed by atoms with Gasteiger partial charge in [0.05, 0.1) is 6.54 Å². The highest BCUT2D eigenvalue weighted by Crippen LogP contribution is 1.85. The molecule has 0 saturated heterocycles. The van der Waals surface area contributed by atoms with Gasteiger partial charge in [0.25, 0.3) is 0 Å². The molecule has 0 aromatic rings. The number of hydrogen-bond donors (Lipinski definition) is 0. The van der Waals surface area contributed by atoms with Crippen molar-refractivity contribution in [3.05, 3.63) is 6.61 Å². The zero-order valence-corrected chi connectivity index (χ0v) is 2.72. The first-order valence-electron chi connectivity index (χ1n) is 1.45. The molecule has 1 radical (unpaired) electrons. The summed E-state index contributed by atoms with van der Waals surface area (Å²) in [4.78, 5) is 3.68. The molecule has 5 heavy (non-hydrogen) atoms. The quantitative estimate of drug-likeness (QED) is 0.399. The van der Waals surface area contributed by atoms with Gasteiger partial charge in [0.15, 0.2) is 13.0 Å². The number of rotatable bonds is 0. The Balaban J connectivity index is 2.32. The summed E-state index contributed by atoms with van der Waals surface area (Å²) in [7, 11) is 0. The molecule has 27 valence electrons. The van der Waals surface area contributed by atoms with Crippen molar-refractivity contribution in [2.75, 3.05) is 6.54 Å². The molecule has 2 heteroatoms. The second-order valence-electron chi connectivity index (χ2n) is 0.773. The van der Waals surface area contributed by atoms with Crippen molar-refractivity contribution < 1.29 is 4.74 Å². The molecule has 0 fully saturated rings. The van der Waals surface area contributed by atoms with Crippen LogP contribution in [0.25, 0.3) is 0 Å². The number of hydrogen-bond acceptors (Lipinski definition) is 2. The van der Waals surface area contributed by atoms with Crippen LogP contribution in [0.5, 0.6) is 0 Å². The minimum atomic E-state index is 0.722. The fourth-order valence-corrected chi connectivity index (χ4v) is 0.215. The lowest BCUT2D eigenvalue weighted by Crippen LogP contribution is -1.70. The van der Waals surface area contributed by atoms with Crippen molar-refractivity contribution in [2.45, 2.75) is 0 Å². The van der Waals surface area contributed by atoms with Gasteiger partial charge in [-0.3, -0.25) is 4.99 Å². The minimum Gasteiger partial charge on any atom is -0.474 e. The smallest absolute Gasteiger partial charge is 0.170 e. The molecular weight excluding hydrogens is 66.0 g/mol. The summed E-state index contributed by atoms with van der Waals surface area (Å²) in [6.45, 7) is 2.36. The van der Waals surface area contributed by atoms with E-state index < -0.39 is 0 Å². The SMILES string of the molecule is [CH]1CN=CO1. The van der Waals surface area contributed by atoms with Crippen molar-refractivity contribution >= 4 is 6.40 Å². The molecule has 0 aliphatic carbocycles. The third-order valence-electron chi connectivity index (χ3n) is 0.412. The van der Waals surface area contributed by atoms with E-state index in [0.717, 1.165) is 6.54 Å². The third-order valence-corrected chi connectivity index (χ3v) is 0.412. The van der Waals surface area contributed by atoms with E-state index in [2.05, 4.69) is 9.73 Å².